The lowest BCUT2D eigenvalue weighted by Gasteiger charge is -2.58. The van der Waals surface area contributed by atoms with Gasteiger partial charge in [-0.25, -0.2) is 0 Å². The van der Waals surface area contributed by atoms with Crippen LogP contribution in [0.15, 0.2) is 23.5 Å². The molecule has 176 valence electrons. The van der Waals surface area contributed by atoms with Gasteiger partial charge in [0.05, 0.1) is 11.4 Å². The Morgan fingerprint density at radius 3 is 2.26 bits per heavy atom. The van der Waals surface area contributed by atoms with Crippen LogP contribution in [-0.4, -0.2) is 22.2 Å². The first-order valence-corrected chi connectivity index (χ1v) is 20.0. The van der Waals surface area contributed by atoms with Gasteiger partial charge in [0.15, 0.2) is 8.32 Å². The average Bonchev–Trinajstić information content (AvgIpc) is 2.99. The minimum atomic E-state index is -1.58. The van der Waals surface area contributed by atoms with Gasteiger partial charge in [-0.05, 0) is 126 Å². The van der Waals surface area contributed by atoms with Crippen molar-refractivity contribution in [1.29, 1.82) is 0 Å². The third-order valence-corrected chi connectivity index (χ3v) is 11.1. The Bertz CT molecular complexity index is 743. The van der Waals surface area contributed by atoms with Gasteiger partial charge in [-0.15, -0.1) is 0 Å². The van der Waals surface area contributed by atoms with E-state index < -0.39 is 16.6 Å². The molecule has 0 N–H and O–H groups in total. The molecule has 2 nitrogen and oxygen atoms in total. The number of fused-ring (bicyclic) bond motifs is 5. The van der Waals surface area contributed by atoms with Crippen LogP contribution in [-0.2, 0) is 8.85 Å². The van der Waals surface area contributed by atoms with E-state index in [1.807, 2.05) is 0 Å². The first-order chi connectivity index (χ1) is 14.4. The van der Waals surface area contributed by atoms with Crippen LogP contribution in [0.3, 0.4) is 0 Å². The molecular formula is C27H48O2Si2. The summed E-state index contributed by atoms with van der Waals surface area (Å²) in [5.74, 6) is 4.65. The Labute approximate surface area is 194 Å². The summed E-state index contributed by atoms with van der Waals surface area (Å²) in [6.45, 7) is 19.0. The second-order valence-corrected chi connectivity index (χ2v) is 21.9. The fraction of sp³-hybridized carbons (Fsp3) is 0.852. The Kier molecular flexibility index (Phi) is 6.27. The highest BCUT2D eigenvalue weighted by Crippen LogP contribution is 2.67. The molecule has 4 aliphatic carbocycles. The molecule has 4 aliphatic rings. The van der Waals surface area contributed by atoms with Crippen molar-refractivity contribution >= 4 is 16.6 Å². The summed E-state index contributed by atoms with van der Waals surface area (Å²) >= 11 is 0. The van der Waals surface area contributed by atoms with Gasteiger partial charge in [-0.3, -0.25) is 0 Å². The maximum absolute atomic E-state index is 7.15. The first-order valence-electron chi connectivity index (χ1n) is 13.2. The van der Waals surface area contributed by atoms with Crippen molar-refractivity contribution in [2.24, 2.45) is 29.1 Å². The highest BCUT2D eigenvalue weighted by atomic mass is 28.4. The molecule has 0 heterocycles. The van der Waals surface area contributed by atoms with Gasteiger partial charge in [-0.2, -0.15) is 0 Å². The van der Waals surface area contributed by atoms with Crippen molar-refractivity contribution in [3.63, 3.8) is 0 Å². The van der Waals surface area contributed by atoms with Gasteiger partial charge in [0, 0.05) is 11.8 Å². The van der Waals surface area contributed by atoms with Gasteiger partial charge in [0.2, 0.25) is 8.32 Å². The van der Waals surface area contributed by atoms with E-state index in [4.69, 9.17) is 8.85 Å². The molecule has 0 aromatic heterocycles. The third-order valence-electron chi connectivity index (χ3n) is 9.21. The van der Waals surface area contributed by atoms with Gasteiger partial charge in [0.1, 0.15) is 0 Å². The van der Waals surface area contributed by atoms with Crippen LogP contribution in [0.1, 0.15) is 71.6 Å². The molecule has 0 radical (unpaired) electrons. The Morgan fingerprint density at radius 2 is 1.65 bits per heavy atom. The highest BCUT2D eigenvalue weighted by molar-refractivity contribution is 6.70. The summed E-state index contributed by atoms with van der Waals surface area (Å²) in [4.78, 5) is 0. The van der Waals surface area contributed by atoms with E-state index in [-0.39, 0.29) is 5.60 Å². The molecule has 0 bridgehead atoms. The van der Waals surface area contributed by atoms with Crippen LogP contribution in [0.25, 0.3) is 0 Å². The molecule has 0 aromatic carbocycles. The van der Waals surface area contributed by atoms with Crippen molar-refractivity contribution in [3.8, 4) is 0 Å². The summed E-state index contributed by atoms with van der Waals surface area (Å²) in [5.41, 5.74) is 2.16. The van der Waals surface area contributed by atoms with Crippen molar-refractivity contribution in [3.05, 3.63) is 23.5 Å². The van der Waals surface area contributed by atoms with E-state index in [1.165, 1.54) is 57.1 Å². The zero-order valence-electron chi connectivity index (χ0n) is 21.6. The van der Waals surface area contributed by atoms with Crippen LogP contribution in [0, 0.1) is 29.1 Å². The van der Waals surface area contributed by atoms with Crippen LogP contribution in [0.2, 0.25) is 39.3 Å². The van der Waals surface area contributed by atoms with Crippen molar-refractivity contribution < 1.29 is 8.85 Å². The summed E-state index contributed by atoms with van der Waals surface area (Å²) in [5, 5.41) is 0. The van der Waals surface area contributed by atoms with E-state index in [2.05, 4.69) is 65.3 Å². The molecule has 31 heavy (non-hydrogen) atoms. The fourth-order valence-electron chi connectivity index (χ4n) is 8.41. The largest absolute Gasteiger partial charge is 0.547 e. The molecular weight excluding hydrogens is 412 g/mol. The van der Waals surface area contributed by atoms with Crippen LogP contribution in [0.4, 0.5) is 0 Å². The van der Waals surface area contributed by atoms with E-state index in [0.717, 1.165) is 30.1 Å². The normalized spacial score (nSPS) is 40.4. The van der Waals surface area contributed by atoms with E-state index in [0.29, 0.717) is 5.41 Å². The number of allylic oxidation sites excluding steroid dienone is 4. The maximum Gasteiger partial charge on any atom is 0.241 e. The zero-order valence-corrected chi connectivity index (χ0v) is 23.6. The van der Waals surface area contributed by atoms with Gasteiger partial charge < -0.3 is 8.85 Å². The molecule has 0 amide bonds. The molecule has 0 saturated heterocycles. The predicted octanol–water partition coefficient (Wildman–Crippen LogP) is 8.29. The monoisotopic (exact) mass is 460 g/mol. The summed E-state index contributed by atoms with van der Waals surface area (Å²) in [6.07, 6.45) is 16.8. The molecule has 0 spiro atoms. The molecule has 4 heteroatoms. The highest BCUT2D eigenvalue weighted by Gasteiger charge is 2.64. The molecule has 6 atom stereocenters. The van der Waals surface area contributed by atoms with Gasteiger partial charge in [0.25, 0.3) is 0 Å². The number of rotatable bonds is 6. The van der Waals surface area contributed by atoms with Gasteiger partial charge in [-0.1, -0.05) is 19.9 Å². The minimum Gasteiger partial charge on any atom is -0.547 e. The van der Waals surface area contributed by atoms with Crippen molar-refractivity contribution in [2.75, 3.05) is 0 Å². The molecule has 4 rings (SSSR count). The molecule has 0 aliphatic heterocycles. The average molecular weight is 461 g/mol. The lowest BCUT2D eigenvalue weighted by atomic mass is 9.50. The lowest BCUT2D eigenvalue weighted by Crippen LogP contribution is -2.57. The Morgan fingerprint density at radius 1 is 0.903 bits per heavy atom. The Balaban J connectivity index is 1.61. The maximum atomic E-state index is 7.15. The SMILES string of the molecule is CCC1(O[Si](C)(C)C)CCC2C3CC=C4C=C(O[Si](C)(C)C)CCC4C3CCC21CC. The van der Waals surface area contributed by atoms with E-state index in [9.17, 15) is 0 Å². The van der Waals surface area contributed by atoms with Crippen LogP contribution >= 0.6 is 0 Å². The van der Waals surface area contributed by atoms with Gasteiger partial charge >= 0.3 is 0 Å². The smallest absolute Gasteiger partial charge is 0.241 e. The lowest BCUT2D eigenvalue weighted by molar-refractivity contribution is -0.117. The van der Waals surface area contributed by atoms with E-state index >= 15 is 0 Å². The number of hydrogen-bond acceptors (Lipinski definition) is 2. The first kappa shape index (κ1) is 23.8. The third kappa shape index (κ3) is 4.19. The topological polar surface area (TPSA) is 18.5 Å². The summed E-state index contributed by atoms with van der Waals surface area (Å²) in [6, 6.07) is 0. The summed E-state index contributed by atoms with van der Waals surface area (Å²) < 4.78 is 13.5. The fourth-order valence-corrected chi connectivity index (χ4v) is 11.0. The standard InChI is InChI=1S/C27H48O2Si2/c1-9-26-17-15-23-22-14-12-21(28-30(3,4)5)19-20(22)11-13-24(23)25(26)16-18-27(26,10-2)29-31(6,7)8/h11,19,22-25H,9-10,12-18H2,1-8H3. The minimum absolute atomic E-state index is 0.136. The Hall–Kier alpha value is -0.326. The predicted molar refractivity (Wildman–Crippen MR) is 137 cm³/mol. The quantitative estimate of drug-likeness (QED) is 0.371. The molecule has 0 aromatic rings. The second-order valence-electron chi connectivity index (χ2n) is 13.0. The summed E-state index contributed by atoms with van der Waals surface area (Å²) in [7, 11) is -3.10. The molecule has 2 saturated carbocycles. The second kappa shape index (κ2) is 8.16. The van der Waals surface area contributed by atoms with Crippen molar-refractivity contribution in [1.82, 2.24) is 0 Å². The zero-order chi connectivity index (χ0) is 22.7. The molecule has 6 unspecified atom stereocenters. The van der Waals surface area contributed by atoms with E-state index in [1.54, 1.807) is 5.57 Å². The molecule has 2 fully saturated rings. The number of hydrogen-bond donors (Lipinski definition) is 0. The van der Waals surface area contributed by atoms with Crippen molar-refractivity contribution in [2.45, 2.75) is 117 Å². The van der Waals surface area contributed by atoms with Crippen LogP contribution < -0.4 is 0 Å². The van der Waals surface area contributed by atoms with Crippen LogP contribution in [0.5, 0.6) is 0 Å².